The molecule has 2 N–H and O–H groups in total. The van der Waals surface area contributed by atoms with E-state index in [1.165, 1.54) is 0 Å². The number of nitrogens with zero attached hydrogens (tertiary/aromatic N) is 3. The minimum atomic E-state index is -0.897. The van der Waals surface area contributed by atoms with E-state index in [2.05, 4.69) is 9.97 Å². The van der Waals surface area contributed by atoms with Gasteiger partial charge in [0.2, 0.25) is 0 Å². The molecule has 3 rings (SSSR count). The molecule has 0 radical (unpaired) electrons. The van der Waals surface area contributed by atoms with Crippen molar-refractivity contribution in [2.45, 2.75) is 38.5 Å². The highest BCUT2D eigenvalue weighted by molar-refractivity contribution is 5.73. The van der Waals surface area contributed by atoms with Gasteiger partial charge in [-0.2, -0.15) is 0 Å². The van der Waals surface area contributed by atoms with Crippen LogP contribution in [-0.4, -0.2) is 49.7 Å². The molecule has 1 aliphatic heterocycles. The van der Waals surface area contributed by atoms with Gasteiger partial charge in [0.25, 0.3) is 0 Å². The van der Waals surface area contributed by atoms with Crippen LogP contribution >= 0.6 is 0 Å². The highest BCUT2D eigenvalue weighted by Crippen LogP contribution is 2.22. The normalized spacial score (nSPS) is 21.6. The van der Waals surface area contributed by atoms with Crippen molar-refractivity contribution < 1.29 is 15.0 Å². The number of aliphatic hydroxyl groups is 1. The molecule has 2 heterocycles. The first kappa shape index (κ1) is 16.5. The molecule has 1 aliphatic rings. The molecule has 6 nitrogen and oxygen atoms in total. The fraction of sp³-hybridized carbons (Fsp3) is 0.389. The summed E-state index contributed by atoms with van der Waals surface area (Å²) in [6.07, 6.45) is 3.81. The zero-order valence-electron chi connectivity index (χ0n) is 13.6. The fourth-order valence-electron chi connectivity index (χ4n) is 3.08. The third-order valence-electron chi connectivity index (χ3n) is 4.45. The Morgan fingerprint density at radius 2 is 2.00 bits per heavy atom. The number of aliphatic carboxylic acids is 1. The number of aliphatic hydroxyl groups excluding tert-OH is 1. The maximum atomic E-state index is 11.4. The number of benzene rings is 1. The highest BCUT2D eigenvalue weighted by atomic mass is 16.4. The van der Waals surface area contributed by atoms with Crippen molar-refractivity contribution in [3.05, 3.63) is 47.8 Å². The first-order valence-corrected chi connectivity index (χ1v) is 8.06. The van der Waals surface area contributed by atoms with Crippen LogP contribution < -0.4 is 0 Å². The van der Waals surface area contributed by atoms with Crippen LogP contribution in [0.5, 0.6) is 0 Å². The Hall–Kier alpha value is -2.31. The molecule has 2 aromatic rings. The molecule has 24 heavy (non-hydrogen) atoms. The van der Waals surface area contributed by atoms with Crippen LogP contribution in [0.15, 0.2) is 36.7 Å². The van der Waals surface area contributed by atoms with Gasteiger partial charge in [-0.3, -0.25) is 9.69 Å². The summed E-state index contributed by atoms with van der Waals surface area (Å²) in [4.78, 5) is 22.1. The Balaban J connectivity index is 1.74. The lowest BCUT2D eigenvalue weighted by molar-refractivity contribution is -0.147. The monoisotopic (exact) mass is 327 g/mol. The molecule has 0 aliphatic carbocycles. The van der Waals surface area contributed by atoms with Crippen molar-refractivity contribution in [1.29, 1.82) is 0 Å². The van der Waals surface area contributed by atoms with E-state index in [1.54, 1.807) is 12.4 Å². The van der Waals surface area contributed by atoms with Gasteiger partial charge in [-0.25, -0.2) is 9.97 Å². The Bertz CT molecular complexity index is 718. The van der Waals surface area contributed by atoms with Crippen LogP contribution in [0.2, 0.25) is 0 Å². The van der Waals surface area contributed by atoms with Gasteiger partial charge in [0.15, 0.2) is 5.82 Å². The number of hydrogen-bond acceptors (Lipinski definition) is 5. The predicted octanol–water partition coefficient (Wildman–Crippen LogP) is 1.86. The summed E-state index contributed by atoms with van der Waals surface area (Å²) in [5.74, 6) is -0.230. The minimum absolute atomic E-state index is 0.261. The van der Waals surface area contributed by atoms with Gasteiger partial charge in [-0.15, -0.1) is 0 Å². The van der Waals surface area contributed by atoms with Gasteiger partial charge in [-0.05, 0) is 25.3 Å². The van der Waals surface area contributed by atoms with E-state index < -0.39 is 18.1 Å². The highest BCUT2D eigenvalue weighted by Gasteiger charge is 2.32. The summed E-state index contributed by atoms with van der Waals surface area (Å²) in [6.45, 7) is 3.04. The summed E-state index contributed by atoms with van der Waals surface area (Å²) in [6, 6.07) is 7.27. The summed E-state index contributed by atoms with van der Waals surface area (Å²) < 4.78 is 0. The average molecular weight is 327 g/mol. The Labute approximate surface area is 140 Å². The van der Waals surface area contributed by atoms with Crippen LogP contribution in [0.4, 0.5) is 0 Å². The molecule has 1 aromatic heterocycles. The van der Waals surface area contributed by atoms with E-state index >= 15 is 0 Å². The van der Waals surface area contributed by atoms with Gasteiger partial charge >= 0.3 is 5.97 Å². The maximum Gasteiger partial charge on any atom is 0.321 e. The molecule has 1 aromatic carbocycles. The minimum Gasteiger partial charge on any atom is -0.480 e. The Morgan fingerprint density at radius 3 is 2.67 bits per heavy atom. The lowest BCUT2D eigenvalue weighted by Crippen LogP contribution is -2.48. The first-order chi connectivity index (χ1) is 11.5. The zero-order chi connectivity index (χ0) is 17.1. The standard InChI is InChI=1S/C18H21N3O3/c1-12-4-2-3-5-15(12)17-19-9-13(10-20-17)11-21-7-6-14(22)8-16(21)18(23)24/h2-5,9-10,14,16,22H,6-8,11H2,1H3,(H,23,24)/t14-,16+/m1/s1. The summed E-state index contributed by atoms with van der Waals surface area (Å²) >= 11 is 0. The number of rotatable bonds is 4. The summed E-state index contributed by atoms with van der Waals surface area (Å²) in [5.41, 5.74) is 2.98. The van der Waals surface area contributed by atoms with Crippen LogP contribution in [-0.2, 0) is 11.3 Å². The van der Waals surface area contributed by atoms with Crippen molar-refractivity contribution in [2.24, 2.45) is 0 Å². The molecule has 6 heteroatoms. The number of piperidine rings is 1. The van der Waals surface area contributed by atoms with E-state index in [1.807, 2.05) is 36.1 Å². The number of likely N-dealkylation sites (tertiary alicyclic amines) is 1. The quantitative estimate of drug-likeness (QED) is 0.891. The number of carboxylic acid groups (broad SMARTS) is 1. The number of aryl methyl sites for hydroxylation is 1. The number of carbonyl (C=O) groups is 1. The van der Waals surface area contributed by atoms with E-state index in [4.69, 9.17) is 0 Å². The van der Waals surface area contributed by atoms with Gasteiger partial charge in [-0.1, -0.05) is 24.3 Å². The lowest BCUT2D eigenvalue weighted by atomic mass is 9.99. The van der Waals surface area contributed by atoms with Crippen molar-refractivity contribution in [2.75, 3.05) is 6.54 Å². The van der Waals surface area contributed by atoms with Gasteiger partial charge in [0, 0.05) is 36.6 Å². The van der Waals surface area contributed by atoms with Crippen LogP contribution in [0, 0.1) is 6.92 Å². The van der Waals surface area contributed by atoms with Crippen LogP contribution in [0.25, 0.3) is 11.4 Å². The largest absolute Gasteiger partial charge is 0.480 e. The Morgan fingerprint density at radius 1 is 1.29 bits per heavy atom. The van der Waals surface area contributed by atoms with Gasteiger partial charge < -0.3 is 10.2 Å². The molecule has 0 spiro atoms. The van der Waals surface area contributed by atoms with Gasteiger partial charge in [0.05, 0.1) is 6.10 Å². The summed E-state index contributed by atoms with van der Waals surface area (Å²) in [7, 11) is 0. The SMILES string of the molecule is Cc1ccccc1-c1ncc(CN2CC[C@@H](O)C[C@H]2C(=O)O)cn1. The molecule has 0 amide bonds. The lowest BCUT2D eigenvalue weighted by Gasteiger charge is -2.35. The Kier molecular flexibility index (Phi) is 4.87. The van der Waals surface area contributed by atoms with E-state index in [-0.39, 0.29) is 6.42 Å². The summed E-state index contributed by atoms with van der Waals surface area (Å²) in [5, 5.41) is 19.0. The van der Waals surface area contributed by atoms with Crippen molar-refractivity contribution in [3.8, 4) is 11.4 Å². The third kappa shape index (κ3) is 3.60. The molecule has 0 bridgehead atoms. The molecule has 1 fully saturated rings. The maximum absolute atomic E-state index is 11.4. The van der Waals surface area contributed by atoms with Gasteiger partial charge in [0.1, 0.15) is 6.04 Å². The number of carboxylic acids is 1. The van der Waals surface area contributed by atoms with E-state index in [0.29, 0.717) is 25.3 Å². The number of hydrogen-bond donors (Lipinski definition) is 2. The topological polar surface area (TPSA) is 86.5 Å². The molecule has 2 atom stereocenters. The van der Waals surface area contributed by atoms with Crippen molar-refractivity contribution in [1.82, 2.24) is 14.9 Å². The zero-order valence-corrected chi connectivity index (χ0v) is 13.6. The molecule has 0 unspecified atom stereocenters. The number of aromatic nitrogens is 2. The third-order valence-corrected chi connectivity index (χ3v) is 4.45. The molecular formula is C18H21N3O3. The van der Waals surface area contributed by atoms with Crippen LogP contribution in [0.1, 0.15) is 24.0 Å². The second kappa shape index (κ2) is 7.07. The van der Waals surface area contributed by atoms with Crippen molar-refractivity contribution in [3.63, 3.8) is 0 Å². The van der Waals surface area contributed by atoms with E-state index in [9.17, 15) is 15.0 Å². The molecule has 1 saturated heterocycles. The molecule has 0 saturated carbocycles. The predicted molar refractivity (Wildman–Crippen MR) is 89.3 cm³/mol. The van der Waals surface area contributed by atoms with Crippen LogP contribution in [0.3, 0.4) is 0 Å². The first-order valence-electron chi connectivity index (χ1n) is 8.06. The van der Waals surface area contributed by atoms with E-state index in [0.717, 1.165) is 16.7 Å². The second-order valence-electron chi connectivity index (χ2n) is 6.23. The second-order valence-corrected chi connectivity index (χ2v) is 6.23. The molecular weight excluding hydrogens is 306 g/mol. The smallest absolute Gasteiger partial charge is 0.321 e. The van der Waals surface area contributed by atoms with Crippen molar-refractivity contribution >= 4 is 5.97 Å². The molecule has 126 valence electrons. The average Bonchev–Trinajstić information content (AvgIpc) is 2.57. The fourth-order valence-corrected chi connectivity index (χ4v) is 3.08.